The van der Waals surface area contributed by atoms with Gasteiger partial charge in [-0.25, -0.2) is 14.4 Å². The lowest BCUT2D eigenvalue weighted by Gasteiger charge is -2.20. The topological polar surface area (TPSA) is 118 Å². The highest BCUT2D eigenvalue weighted by Gasteiger charge is 2.24. The van der Waals surface area contributed by atoms with Gasteiger partial charge in [-0.15, -0.1) is 0 Å². The standard InChI is InChI=1S/C32H28FN5O2/c1-4-8-20-13-14-22(15-18(20)2)28(34)27-31(35)36-17-37-32(27)38-19(3)30-26(21-9-7-10-23(33)16-21)29(39)24-11-5-6-12-25(24)40-30/h4-17,19,34H,1-3H3,(H3,35,36,37,38)/b8-4-,34-28?. The van der Waals surface area contributed by atoms with Crippen LogP contribution < -0.4 is 16.5 Å². The molecule has 0 saturated carbocycles. The van der Waals surface area contributed by atoms with Gasteiger partial charge in [0, 0.05) is 5.56 Å². The van der Waals surface area contributed by atoms with Gasteiger partial charge in [0.15, 0.2) is 0 Å². The fourth-order valence-corrected chi connectivity index (χ4v) is 4.75. The highest BCUT2D eigenvalue weighted by Crippen LogP contribution is 2.32. The van der Waals surface area contributed by atoms with Crippen molar-refractivity contribution in [3.63, 3.8) is 0 Å². The van der Waals surface area contributed by atoms with Gasteiger partial charge in [-0.1, -0.05) is 48.6 Å². The summed E-state index contributed by atoms with van der Waals surface area (Å²) in [4.78, 5) is 22.2. The summed E-state index contributed by atoms with van der Waals surface area (Å²) in [6.07, 6.45) is 5.28. The van der Waals surface area contributed by atoms with Crippen molar-refractivity contribution in [1.82, 2.24) is 9.97 Å². The first-order valence-corrected chi connectivity index (χ1v) is 12.8. The number of allylic oxidation sites excluding steroid dienone is 1. The zero-order valence-electron chi connectivity index (χ0n) is 22.3. The maximum absolute atomic E-state index is 14.2. The van der Waals surface area contributed by atoms with Crippen LogP contribution in [0.15, 0.2) is 88.3 Å². The molecule has 0 radical (unpaired) electrons. The average molecular weight is 534 g/mol. The summed E-state index contributed by atoms with van der Waals surface area (Å²) in [7, 11) is 0. The molecule has 0 amide bonds. The number of nitrogens with two attached hydrogens (primary N) is 1. The Balaban J connectivity index is 1.60. The molecule has 7 nitrogen and oxygen atoms in total. The van der Waals surface area contributed by atoms with Gasteiger partial charge in [-0.3, -0.25) is 10.2 Å². The van der Waals surface area contributed by atoms with Gasteiger partial charge in [-0.2, -0.15) is 0 Å². The summed E-state index contributed by atoms with van der Waals surface area (Å²) in [6, 6.07) is 17.9. The number of fused-ring (bicyclic) bond motifs is 1. The summed E-state index contributed by atoms with van der Waals surface area (Å²) in [6.45, 7) is 5.74. The minimum absolute atomic E-state index is 0.134. The van der Waals surface area contributed by atoms with E-state index < -0.39 is 11.9 Å². The van der Waals surface area contributed by atoms with E-state index in [1.54, 1.807) is 43.3 Å². The Bertz CT molecular complexity index is 1840. The third kappa shape index (κ3) is 4.99. The van der Waals surface area contributed by atoms with E-state index in [0.717, 1.165) is 11.1 Å². The summed E-state index contributed by atoms with van der Waals surface area (Å²) in [5, 5.41) is 12.6. The van der Waals surface area contributed by atoms with E-state index in [1.165, 1.54) is 18.5 Å². The first kappa shape index (κ1) is 26.5. The van der Waals surface area contributed by atoms with E-state index in [0.29, 0.717) is 39.2 Å². The van der Waals surface area contributed by atoms with Crippen molar-refractivity contribution in [3.8, 4) is 11.1 Å². The summed E-state index contributed by atoms with van der Waals surface area (Å²) >= 11 is 0. The minimum Gasteiger partial charge on any atom is -0.458 e. The molecule has 0 bridgehead atoms. The monoisotopic (exact) mass is 533 g/mol. The summed E-state index contributed by atoms with van der Waals surface area (Å²) in [5.74, 6) is 0.276. The molecule has 5 rings (SSSR count). The van der Waals surface area contributed by atoms with Crippen molar-refractivity contribution in [2.45, 2.75) is 26.8 Å². The quantitative estimate of drug-likeness (QED) is 0.196. The molecule has 200 valence electrons. The molecule has 0 aliphatic rings. The zero-order chi connectivity index (χ0) is 28.4. The second-order valence-electron chi connectivity index (χ2n) is 9.47. The molecule has 1 atom stereocenters. The number of halogens is 1. The number of aromatic nitrogens is 2. The molecular weight excluding hydrogens is 505 g/mol. The predicted octanol–water partition coefficient (Wildman–Crippen LogP) is 6.90. The lowest BCUT2D eigenvalue weighted by atomic mass is 9.97. The summed E-state index contributed by atoms with van der Waals surface area (Å²) in [5.41, 5.74) is 10.2. The van der Waals surface area contributed by atoms with Gasteiger partial charge >= 0.3 is 0 Å². The Kier molecular flexibility index (Phi) is 7.25. The van der Waals surface area contributed by atoms with Crippen molar-refractivity contribution in [1.29, 1.82) is 5.41 Å². The third-order valence-corrected chi connectivity index (χ3v) is 6.72. The number of rotatable bonds is 7. The van der Waals surface area contributed by atoms with Crippen molar-refractivity contribution in [2.24, 2.45) is 0 Å². The van der Waals surface area contributed by atoms with Gasteiger partial charge in [0.2, 0.25) is 5.43 Å². The van der Waals surface area contributed by atoms with Crippen LogP contribution in [0.3, 0.4) is 0 Å². The second-order valence-corrected chi connectivity index (χ2v) is 9.47. The Morgan fingerprint density at radius 2 is 1.90 bits per heavy atom. The normalized spacial score (nSPS) is 12.1. The van der Waals surface area contributed by atoms with Crippen LogP contribution in [0.5, 0.6) is 0 Å². The number of nitrogens with one attached hydrogen (secondary N) is 2. The maximum Gasteiger partial charge on any atom is 0.200 e. The number of hydrogen-bond acceptors (Lipinski definition) is 7. The largest absolute Gasteiger partial charge is 0.458 e. The number of benzene rings is 3. The van der Waals surface area contributed by atoms with Crippen LogP contribution in [0.25, 0.3) is 28.2 Å². The first-order chi connectivity index (χ1) is 19.3. The van der Waals surface area contributed by atoms with Gasteiger partial charge in [0.25, 0.3) is 0 Å². The Morgan fingerprint density at radius 1 is 1.10 bits per heavy atom. The van der Waals surface area contributed by atoms with Crippen LogP contribution in [0.2, 0.25) is 0 Å². The van der Waals surface area contributed by atoms with Crippen LogP contribution >= 0.6 is 0 Å². The zero-order valence-corrected chi connectivity index (χ0v) is 22.3. The highest BCUT2D eigenvalue weighted by atomic mass is 19.1. The molecule has 1 unspecified atom stereocenters. The predicted molar refractivity (Wildman–Crippen MR) is 158 cm³/mol. The third-order valence-electron chi connectivity index (χ3n) is 6.72. The number of anilines is 2. The molecule has 40 heavy (non-hydrogen) atoms. The molecule has 0 saturated heterocycles. The van der Waals surface area contributed by atoms with Crippen LogP contribution in [0, 0.1) is 18.2 Å². The molecule has 3 aromatic carbocycles. The first-order valence-electron chi connectivity index (χ1n) is 12.8. The Morgan fingerprint density at radius 3 is 2.65 bits per heavy atom. The molecule has 4 N–H and O–H groups in total. The molecule has 0 fully saturated rings. The van der Waals surface area contributed by atoms with Crippen LogP contribution in [-0.4, -0.2) is 15.7 Å². The van der Waals surface area contributed by atoms with Crippen molar-refractivity contribution < 1.29 is 8.81 Å². The number of nitrogens with zero attached hydrogens (tertiary/aromatic N) is 2. The van der Waals surface area contributed by atoms with Gasteiger partial charge in [0.1, 0.15) is 35.1 Å². The fourth-order valence-electron chi connectivity index (χ4n) is 4.75. The molecule has 8 heteroatoms. The Hall–Kier alpha value is -5.11. The average Bonchev–Trinajstić information content (AvgIpc) is 2.94. The molecule has 0 aliphatic carbocycles. The number of nitrogen functional groups attached to an aromatic ring is 1. The van der Waals surface area contributed by atoms with E-state index >= 15 is 0 Å². The van der Waals surface area contributed by atoms with E-state index in [2.05, 4.69) is 15.3 Å². The lowest BCUT2D eigenvalue weighted by Crippen LogP contribution is -2.19. The van der Waals surface area contributed by atoms with Gasteiger partial charge in [0.05, 0.1) is 28.3 Å². The molecule has 0 spiro atoms. The van der Waals surface area contributed by atoms with Crippen molar-refractivity contribution in [2.75, 3.05) is 11.1 Å². The van der Waals surface area contributed by atoms with Gasteiger partial charge in [-0.05, 0) is 67.8 Å². The van der Waals surface area contributed by atoms with E-state index in [1.807, 2.05) is 44.2 Å². The Labute approximate surface area is 230 Å². The van der Waals surface area contributed by atoms with E-state index in [4.69, 9.17) is 15.6 Å². The number of para-hydroxylation sites is 1. The second kappa shape index (κ2) is 10.9. The van der Waals surface area contributed by atoms with Crippen molar-refractivity contribution in [3.05, 3.63) is 123 Å². The number of aryl methyl sites for hydroxylation is 1. The van der Waals surface area contributed by atoms with Crippen LogP contribution in [0.1, 0.15) is 47.9 Å². The molecular formula is C32H28FN5O2. The minimum atomic E-state index is -0.616. The fraction of sp³-hybridized carbons (Fsp3) is 0.125. The number of hydrogen-bond donors (Lipinski definition) is 3. The molecule has 2 heterocycles. The van der Waals surface area contributed by atoms with E-state index in [-0.39, 0.29) is 22.5 Å². The van der Waals surface area contributed by atoms with Crippen molar-refractivity contribution >= 4 is 34.4 Å². The van der Waals surface area contributed by atoms with Gasteiger partial charge < -0.3 is 15.5 Å². The van der Waals surface area contributed by atoms with Crippen LogP contribution in [0.4, 0.5) is 16.0 Å². The smallest absolute Gasteiger partial charge is 0.200 e. The summed E-state index contributed by atoms with van der Waals surface area (Å²) < 4.78 is 20.5. The molecule has 5 aromatic rings. The molecule has 0 aliphatic heterocycles. The lowest BCUT2D eigenvalue weighted by molar-refractivity contribution is 0.515. The maximum atomic E-state index is 14.2. The SMILES string of the molecule is C/C=C\c1ccc(C(=N)c2c(N)ncnc2NC(C)c2oc3ccccc3c(=O)c2-c2cccc(F)c2)cc1C. The highest BCUT2D eigenvalue weighted by molar-refractivity contribution is 6.16. The van der Waals surface area contributed by atoms with E-state index in [9.17, 15) is 9.18 Å². The molecule has 2 aromatic heterocycles. The van der Waals surface area contributed by atoms with Crippen LogP contribution in [-0.2, 0) is 0 Å².